The summed E-state index contributed by atoms with van der Waals surface area (Å²) in [5.41, 5.74) is 3.55. The fourth-order valence-electron chi connectivity index (χ4n) is 2.48. The molecule has 3 rings (SSSR count). The van der Waals surface area contributed by atoms with Gasteiger partial charge < -0.3 is 9.73 Å². The van der Waals surface area contributed by atoms with E-state index in [4.69, 9.17) is 4.42 Å². The standard InChI is InChI=1S/C18H19N3O2/c1-12(10-16-11-13(2)20-21-16)19-18(22)15-7-5-14(6-8-15)17-4-3-9-23-17/h3-9,11-12H,10H2,1-2H3,(H,19,22)(H,20,21). The van der Waals surface area contributed by atoms with Crippen molar-refractivity contribution < 1.29 is 9.21 Å². The fraction of sp³-hybridized carbons (Fsp3) is 0.222. The molecule has 0 radical (unpaired) electrons. The van der Waals surface area contributed by atoms with Crippen LogP contribution < -0.4 is 5.32 Å². The van der Waals surface area contributed by atoms with Crippen molar-refractivity contribution in [3.63, 3.8) is 0 Å². The van der Waals surface area contributed by atoms with Crippen molar-refractivity contribution in [3.8, 4) is 11.3 Å². The molecule has 0 bridgehead atoms. The van der Waals surface area contributed by atoms with Crippen molar-refractivity contribution in [2.75, 3.05) is 0 Å². The van der Waals surface area contributed by atoms with Gasteiger partial charge in [0.15, 0.2) is 0 Å². The fourth-order valence-corrected chi connectivity index (χ4v) is 2.48. The van der Waals surface area contributed by atoms with Crippen LogP contribution in [0.5, 0.6) is 0 Å². The van der Waals surface area contributed by atoms with E-state index in [1.54, 1.807) is 18.4 Å². The molecule has 3 aromatic rings. The largest absolute Gasteiger partial charge is 0.464 e. The Morgan fingerprint density at radius 2 is 2.09 bits per heavy atom. The first-order valence-corrected chi connectivity index (χ1v) is 7.57. The summed E-state index contributed by atoms with van der Waals surface area (Å²) >= 11 is 0. The lowest BCUT2D eigenvalue weighted by atomic mass is 10.1. The van der Waals surface area contributed by atoms with Crippen LogP contribution in [0.15, 0.2) is 53.1 Å². The molecule has 0 saturated heterocycles. The zero-order valence-electron chi connectivity index (χ0n) is 13.2. The molecule has 0 saturated carbocycles. The quantitative estimate of drug-likeness (QED) is 0.759. The molecule has 1 atom stereocenters. The Balaban J connectivity index is 1.61. The Hall–Kier alpha value is -2.82. The van der Waals surface area contributed by atoms with Crippen molar-refractivity contribution in [1.29, 1.82) is 0 Å². The summed E-state index contributed by atoms with van der Waals surface area (Å²) in [5, 5.41) is 10.1. The van der Waals surface area contributed by atoms with Crippen LogP contribution in [0.3, 0.4) is 0 Å². The molecule has 118 valence electrons. The summed E-state index contributed by atoms with van der Waals surface area (Å²) in [4.78, 5) is 12.3. The van der Waals surface area contributed by atoms with E-state index < -0.39 is 0 Å². The van der Waals surface area contributed by atoms with E-state index in [9.17, 15) is 4.79 Å². The molecule has 0 aliphatic carbocycles. The topological polar surface area (TPSA) is 70.9 Å². The molecule has 0 spiro atoms. The van der Waals surface area contributed by atoms with Gasteiger partial charge in [-0.15, -0.1) is 0 Å². The Labute approximate surface area is 134 Å². The average molecular weight is 309 g/mol. The third-order valence-electron chi connectivity index (χ3n) is 3.60. The predicted octanol–water partition coefficient (Wildman–Crippen LogP) is 3.34. The van der Waals surface area contributed by atoms with Gasteiger partial charge in [-0.3, -0.25) is 9.89 Å². The minimum atomic E-state index is -0.0873. The average Bonchev–Trinajstić information content (AvgIpc) is 3.19. The molecule has 0 fully saturated rings. The van der Waals surface area contributed by atoms with E-state index in [1.807, 2.05) is 44.2 Å². The van der Waals surface area contributed by atoms with Gasteiger partial charge in [0, 0.05) is 29.3 Å². The van der Waals surface area contributed by atoms with Gasteiger partial charge in [-0.1, -0.05) is 12.1 Å². The van der Waals surface area contributed by atoms with E-state index in [-0.39, 0.29) is 11.9 Å². The number of hydrogen-bond donors (Lipinski definition) is 2. The molecule has 1 aromatic carbocycles. The summed E-state index contributed by atoms with van der Waals surface area (Å²) in [6, 6.07) is 13.1. The van der Waals surface area contributed by atoms with E-state index in [0.717, 1.165) is 22.7 Å². The first-order chi connectivity index (χ1) is 11.1. The molecule has 2 heterocycles. The van der Waals surface area contributed by atoms with Crippen LogP contribution in [0, 0.1) is 6.92 Å². The first-order valence-electron chi connectivity index (χ1n) is 7.57. The van der Waals surface area contributed by atoms with Gasteiger partial charge in [0.25, 0.3) is 5.91 Å². The molecule has 5 nitrogen and oxygen atoms in total. The normalized spacial score (nSPS) is 12.1. The van der Waals surface area contributed by atoms with Gasteiger partial charge in [-0.2, -0.15) is 5.10 Å². The van der Waals surface area contributed by atoms with Crippen LogP contribution in [-0.2, 0) is 6.42 Å². The van der Waals surface area contributed by atoms with E-state index >= 15 is 0 Å². The number of H-pyrrole nitrogens is 1. The lowest BCUT2D eigenvalue weighted by Gasteiger charge is -2.12. The number of aryl methyl sites for hydroxylation is 1. The zero-order valence-corrected chi connectivity index (χ0v) is 13.2. The minimum absolute atomic E-state index is 0.00921. The lowest BCUT2D eigenvalue weighted by Crippen LogP contribution is -2.34. The SMILES string of the molecule is Cc1cc(CC(C)NC(=O)c2ccc(-c3ccco3)cc2)n[nH]1. The Morgan fingerprint density at radius 1 is 1.30 bits per heavy atom. The number of hydrogen-bond acceptors (Lipinski definition) is 3. The van der Waals surface area contributed by atoms with Crippen LogP contribution in [0.4, 0.5) is 0 Å². The summed E-state index contributed by atoms with van der Waals surface area (Å²) in [5.74, 6) is 0.704. The molecule has 2 N–H and O–H groups in total. The van der Waals surface area contributed by atoms with Crippen molar-refractivity contribution in [3.05, 3.63) is 65.7 Å². The first kappa shape index (κ1) is 15.1. The molecule has 5 heteroatoms. The van der Waals surface area contributed by atoms with Crippen LogP contribution in [0.25, 0.3) is 11.3 Å². The second-order valence-electron chi connectivity index (χ2n) is 5.68. The summed E-state index contributed by atoms with van der Waals surface area (Å²) in [6.07, 6.45) is 2.33. The number of rotatable bonds is 5. The number of furan rings is 1. The molecule has 1 amide bonds. The number of nitrogens with one attached hydrogen (secondary N) is 2. The van der Waals surface area contributed by atoms with Gasteiger partial charge in [0.05, 0.1) is 12.0 Å². The van der Waals surface area contributed by atoms with Gasteiger partial charge in [0.2, 0.25) is 0 Å². The van der Waals surface area contributed by atoms with Gasteiger partial charge in [0.1, 0.15) is 5.76 Å². The highest BCUT2D eigenvalue weighted by Crippen LogP contribution is 2.20. The van der Waals surface area contributed by atoms with Gasteiger partial charge in [-0.25, -0.2) is 0 Å². The molecule has 2 aromatic heterocycles. The number of carbonyl (C=O) groups is 1. The Morgan fingerprint density at radius 3 is 2.70 bits per heavy atom. The predicted molar refractivity (Wildman–Crippen MR) is 88.1 cm³/mol. The minimum Gasteiger partial charge on any atom is -0.464 e. The summed E-state index contributed by atoms with van der Waals surface area (Å²) in [6.45, 7) is 3.93. The maximum absolute atomic E-state index is 12.3. The molecular formula is C18H19N3O2. The maximum Gasteiger partial charge on any atom is 0.251 e. The number of amides is 1. The van der Waals surface area contributed by atoms with Crippen molar-refractivity contribution in [2.45, 2.75) is 26.3 Å². The van der Waals surface area contributed by atoms with Gasteiger partial charge >= 0.3 is 0 Å². The van der Waals surface area contributed by atoms with Crippen LogP contribution in [-0.4, -0.2) is 22.1 Å². The highest BCUT2D eigenvalue weighted by Gasteiger charge is 2.12. The van der Waals surface area contributed by atoms with Crippen LogP contribution in [0.1, 0.15) is 28.7 Å². The number of benzene rings is 1. The zero-order chi connectivity index (χ0) is 16.2. The van der Waals surface area contributed by atoms with Crippen molar-refractivity contribution in [1.82, 2.24) is 15.5 Å². The summed E-state index contributed by atoms with van der Waals surface area (Å²) in [7, 11) is 0. The summed E-state index contributed by atoms with van der Waals surface area (Å²) < 4.78 is 5.34. The van der Waals surface area contributed by atoms with Crippen molar-refractivity contribution in [2.24, 2.45) is 0 Å². The highest BCUT2D eigenvalue weighted by molar-refractivity contribution is 5.94. The molecule has 23 heavy (non-hydrogen) atoms. The van der Waals surface area contributed by atoms with E-state index in [2.05, 4.69) is 15.5 Å². The Kier molecular flexibility index (Phi) is 4.28. The number of aromatic nitrogens is 2. The van der Waals surface area contributed by atoms with Crippen LogP contribution in [0.2, 0.25) is 0 Å². The third-order valence-corrected chi connectivity index (χ3v) is 3.60. The number of carbonyl (C=O) groups excluding carboxylic acids is 1. The molecule has 0 aliphatic heterocycles. The second-order valence-corrected chi connectivity index (χ2v) is 5.68. The highest BCUT2D eigenvalue weighted by atomic mass is 16.3. The van der Waals surface area contributed by atoms with E-state index in [0.29, 0.717) is 12.0 Å². The van der Waals surface area contributed by atoms with Gasteiger partial charge in [-0.05, 0) is 44.2 Å². The number of aromatic amines is 1. The van der Waals surface area contributed by atoms with Crippen molar-refractivity contribution >= 4 is 5.91 Å². The molecular weight excluding hydrogens is 290 g/mol. The second kappa shape index (κ2) is 6.52. The molecule has 1 unspecified atom stereocenters. The smallest absolute Gasteiger partial charge is 0.251 e. The monoisotopic (exact) mass is 309 g/mol. The molecule has 0 aliphatic rings. The number of nitrogens with zero attached hydrogens (tertiary/aromatic N) is 1. The van der Waals surface area contributed by atoms with Crippen LogP contribution >= 0.6 is 0 Å². The third kappa shape index (κ3) is 3.69. The van der Waals surface area contributed by atoms with E-state index in [1.165, 1.54) is 0 Å². The maximum atomic E-state index is 12.3. The lowest BCUT2D eigenvalue weighted by molar-refractivity contribution is 0.0940. The Bertz CT molecular complexity index is 773.